The molecule has 0 aliphatic heterocycles. The quantitative estimate of drug-likeness (QED) is 0.726. The SMILES string of the molecule is COC(=O)c1cc2[nH]c(C)nc2c(F)c1Nc1ccccc1. The Hall–Kier alpha value is -2.89. The number of para-hydroxylation sites is 1. The van der Waals surface area contributed by atoms with Crippen LogP contribution < -0.4 is 5.32 Å². The fraction of sp³-hybridized carbons (Fsp3) is 0.125. The molecule has 0 aliphatic rings. The Bertz CT molecular complexity index is 843. The molecule has 2 N–H and O–H groups in total. The molecule has 3 aromatic rings. The molecule has 0 aliphatic carbocycles. The smallest absolute Gasteiger partial charge is 0.340 e. The van der Waals surface area contributed by atoms with E-state index in [0.717, 1.165) is 0 Å². The van der Waals surface area contributed by atoms with Crippen molar-refractivity contribution >= 4 is 28.4 Å². The maximum atomic E-state index is 14.8. The molecule has 0 amide bonds. The summed E-state index contributed by atoms with van der Waals surface area (Å²) in [6, 6.07) is 10.6. The van der Waals surface area contributed by atoms with Crippen molar-refractivity contribution in [3.05, 3.63) is 53.6 Å². The average molecular weight is 299 g/mol. The Morgan fingerprint density at radius 2 is 2.05 bits per heavy atom. The maximum absolute atomic E-state index is 14.8. The molecule has 22 heavy (non-hydrogen) atoms. The number of carbonyl (C=O) groups is 1. The minimum Gasteiger partial charge on any atom is -0.465 e. The summed E-state index contributed by atoms with van der Waals surface area (Å²) in [6.07, 6.45) is 0. The maximum Gasteiger partial charge on any atom is 0.340 e. The first-order valence-corrected chi connectivity index (χ1v) is 6.69. The van der Waals surface area contributed by atoms with Crippen LogP contribution in [0.15, 0.2) is 36.4 Å². The van der Waals surface area contributed by atoms with Crippen molar-refractivity contribution in [1.29, 1.82) is 0 Å². The Balaban J connectivity index is 2.20. The van der Waals surface area contributed by atoms with Gasteiger partial charge in [0.15, 0.2) is 5.82 Å². The second-order valence-electron chi connectivity index (χ2n) is 4.81. The second kappa shape index (κ2) is 5.48. The Kier molecular flexibility index (Phi) is 3.50. The molecule has 5 nitrogen and oxygen atoms in total. The van der Waals surface area contributed by atoms with E-state index in [2.05, 4.69) is 15.3 Å². The Morgan fingerprint density at radius 1 is 1.32 bits per heavy atom. The van der Waals surface area contributed by atoms with Crippen molar-refractivity contribution in [2.45, 2.75) is 6.92 Å². The number of nitrogens with zero attached hydrogens (tertiary/aromatic N) is 1. The summed E-state index contributed by atoms with van der Waals surface area (Å²) in [4.78, 5) is 19.0. The molecule has 0 bridgehead atoms. The third-order valence-electron chi connectivity index (χ3n) is 3.28. The van der Waals surface area contributed by atoms with Crippen molar-refractivity contribution in [2.75, 3.05) is 12.4 Å². The number of aromatic amines is 1. The number of benzene rings is 2. The van der Waals surface area contributed by atoms with Crippen LogP contribution in [0.5, 0.6) is 0 Å². The van der Waals surface area contributed by atoms with E-state index in [4.69, 9.17) is 4.74 Å². The molecular formula is C16H14FN3O2. The van der Waals surface area contributed by atoms with E-state index in [0.29, 0.717) is 17.0 Å². The van der Waals surface area contributed by atoms with Gasteiger partial charge in [0.1, 0.15) is 11.3 Å². The molecule has 112 valence electrons. The fourth-order valence-electron chi connectivity index (χ4n) is 2.29. The summed E-state index contributed by atoms with van der Waals surface area (Å²) in [5, 5.41) is 2.93. The van der Waals surface area contributed by atoms with Crippen LogP contribution in [0.3, 0.4) is 0 Å². The molecule has 0 unspecified atom stereocenters. The van der Waals surface area contributed by atoms with Crippen LogP contribution in [-0.2, 0) is 4.74 Å². The number of aryl methyl sites for hydroxylation is 1. The van der Waals surface area contributed by atoms with Crippen LogP contribution in [0.1, 0.15) is 16.2 Å². The number of methoxy groups -OCH3 is 1. The predicted molar refractivity (Wildman–Crippen MR) is 81.9 cm³/mol. The molecule has 0 radical (unpaired) electrons. The van der Waals surface area contributed by atoms with Gasteiger partial charge in [-0.15, -0.1) is 0 Å². The predicted octanol–water partition coefficient (Wildman–Crippen LogP) is 3.54. The summed E-state index contributed by atoms with van der Waals surface area (Å²) >= 11 is 0. The third kappa shape index (κ3) is 2.39. The van der Waals surface area contributed by atoms with Gasteiger partial charge in [-0.25, -0.2) is 14.2 Å². The minimum atomic E-state index is -0.619. The summed E-state index contributed by atoms with van der Waals surface area (Å²) in [5.74, 6) is -0.640. The summed E-state index contributed by atoms with van der Waals surface area (Å²) in [7, 11) is 1.26. The molecule has 6 heteroatoms. The Labute approximate surface area is 126 Å². The minimum absolute atomic E-state index is 0.0528. The molecule has 1 aromatic heterocycles. The zero-order chi connectivity index (χ0) is 15.7. The number of carbonyl (C=O) groups excluding carboxylic acids is 1. The molecular weight excluding hydrogens is 285 g/mol. The first-order chi connectivity index (χ1) is 10.6. The van der Waals surface area contributed by atoms with E-state index in [1.54, 1.807) is 19.1 Å². The van der Waals surface area contributed by atoms with Crippen LogP contribution in [0.4, 0.5) is 15.8 Å². The number of esters is 1. The van der Waals surface area contributed by atoms with E-state index >= 15 is 0 Å². The number of aromatic nitrogens is 2. The molecule has 0 saturated heterocycles. The first-order valence-electron chi connectivity index (χ1n) is 6.69. The lowest BCUT2D eigenvalue weighted by molar-refractivity contribution is 0.0601. The van der Waals surface area contributed by atoms with Crippen LogP contribution in [0.25, 0.3) is 11.0 Å². The number of imidazole rings is 1. The summed E-state index contributed by atoms with van der Waals surface area (Å²) < 4.78 is 19.5. The highest BCUT2D eigenvalue weighted by atomic mass is 19.1. The molecule has 0 spiro atoms. The van der Waals surface area contributed by atoms with Crippen molar-refractivity contribution in [3.8, 4) is 0 Å². The number of anilines is 2. The van der Waals surface area contributed by atoms with Gasteiger partial charge in [0.25, 0.3) is 0 Å². The summed E-state index contributed by atoms with van der Waals surface area (Å²) in [6.45, 7) is 1.72. The Morgan fingerprint density at radius 3 is 2.73 bits per heavy atom. The highest BCUT2D eigenvalue weighted by molar-refractivity contribution is 6.01. The highest BCUT2D eigenvalue weighted by Gasteiger charge is 2.21. The van der Waals surface area contributed by atoms with E-state index in [-0.39, 0.29) is 16.8 Å². The van der Waals surface area contributed by atoms with Crippen molar-refractivity contribution in [3.63, 3.8) is 0 Å². The van der Waals surface area contributed by atoms with Crippen LogP contribution in [-0.4, -0.2) is 23.0 Å². The van der Waals surface area contributed by atoms with Crippen molar-refractivity contribution in [2.24, 2.45) is 0 Å². The van der Waals surface area contributed by atoms with Gasteiger partial charge in [-0.3, -0.25) is 0 Å². The number of H-pyrrole nitrogens is 1. The fourth-order valence-corrected chi connectivity index (χ4v) is 2.29. The lowest BCUT2D eigenvalue weighted by atomic mass is 10.1. The van der Waals surface area contributed by atoms with E-state index < -0.39 is 11.8 Å². The monoisotopic (exact) mass is 299 g/mol. The number of fused-ring (bicyclic) bond motifs is 1. The van der Waals surface area contributed by atoms with E-state index in [1.807, 2.05) is 18.2 Å². The van der Waals surface area contributed by atoms with Gasteiger partial charge in [0, 0.05) is 5.69 Å². The van der Waals surface area contributed by atoms with Crippen LogP contribution in [0, 0.1) is 12.7 Å². The topological polar surface area (TPSA) is 67.0 Å². The molecule has 3 rings (SSSR count). The standard InChI is InChI=1S/C16H14FN3O2/c1-9-18-12-8-11(16(21)22-2)14(13(17)15(12)19-9)20-10-6-4-3-5-7-10/h3-8,20H,1-2H3,(H,18,19). The van der Waals surface area contributed by atoms with Gasteiger partial charge >= 0.3 is 5.97 Å². The molecule has 2 aromatic carbocycles. The molecule has 0 atom stereocenters. The van der Waals surface area contributed by atoms with Gasteiger partial charge in [0.05, 0.1) is 23.9 Å². The molecule has 1 heterocycles. The molecule has 0 fully saturated rings. The third-order valence-corrected chi connectivity index (χ3v) is 3.28. The van der Waals surface area contributed by atoms with Crippen molar-refractivity contribution in [1.82, 2.24) is 9.97 Å². The van der Waals surface area contributed by atoms with Gasteiger partial charge in [-0.2, -0.15) is 0 Å². The van der Waals surface area contributed by atoms with Gasteiger partial charge < -0.3 is 15.0 Å². The lowest BCUT2D eigenvalue weighted by Crippen LogP contribution is -2.08. The zero-order valence-corrected chi connectivity index (χ0v) is 12.1. The van der Waals surface area contributed by atoms with Gasteiger partial charge in [-0.05, 0) is 25.1 Å². The van der Waals surface area contributed by atoms with Crippen LogP contribution in [0.2, 0.25) is 0 Å². The van der Waals surface area contributed by atoms with Gasteiger partial charge in [0.2, 0.25) is 0 Å². The van der Waals surface area contributed by atoms with Crippen LogP contribution >= 0.6 is 0 Å². The normalized spacial score (nSPS) is 10.7. The average Bonchev–Trinajstić information content (AvgIpc) is 2.91. The van der Waals surface area contributed by atoms with E-state index in [9.17, 15) is 9.18 Å². The number of hydrogen-bond donors (Lipinski definition) is 2. The largest absolute Gasteiger partial charge is 0.465 e. The highest BCUT2D eigenvalue weighted by Crippen LogP contribution is 2.30. The number of halogens is 1. The number of rotatable bonds is 3. The van der Waals surface area contributed by atoms with Crippen molar-refractivity contribution < 1.29 is 13.9 Å². The molecule has 0 saturated carbocycles. The zero-order valence-electron chi connectivity index (χ0n) is 12.1. The van der Waals surface area contributed by atoms with E-state index in [1.165, 1.54) is 13.2 Å². The first kappa shape index (κ1) is 14.1. The number of nitrogens with one attached hydrogen (secondary N) is 2. The lowest BCUT2D eigenvalue weighted by Gasteiger charge is -2.12. The van der Waals surface area contributed by atoms with Gasteiger partial charge in [-0.1, -0.05) is 18.2 Å². The number of ether oxygens (including phenoxy) is 1. The number of hydrogen-bond acceptors (Lipinski definition) is 4. The summed E-state index contributed by atoms with van der Waals surface area (Å²) in [5.41, 5.74) is 1.47. The second-order valence-corrected chi connectivity index (χ2v) is 4.81.